The number of rotatable bonds is 5. The fourth-order valence-electron chi connectivity index (χ4n) is 2.56. The van der Waals surface area contributed by atoms with E-state index in [0.29, 0.717) is 12.5 Å². The van der Waals surface area contributed by atoms with Crippen molar-refractivity contribution in [3.8, 4) is 0 Å². The van der Waals surface area contributed by atoms with Gasteiger partial charge in [0.25, 0.3) is 0 Å². The first-order valence-electron chi connectivity index (χ1n) is 7.19. The third-order valence-electron chi connectivity index (χ3n) is 3.89. The van der Waals surface area contributed by atoms with Crippen molar-refractivity contribution >= 4 is 12.0 Å². The summed E-state index contributed by atoms with van der Waals surface area (Å²) in [5, 5.41) is 8.94. The predicted octanol–water partition coefficient (Wildman–Crippen LogP) is 2.41. The topological polar surface area (TPSA) is 60.9 Å². The molecule has 1 aliphatic rings. The number of carbonyl (C=O) groups excluding carboxylic acids is 1. The minimum absolute atomic E-state index is 0.0220. The number of carboxylic acid groups (broad SMARTS) is 1. The average molecular weight is 270 g/mol. The third kappa shape index (κ3) is 4.73. The van der Waals surface area contributed by atoms with Gasteiger partial charge < -0.3 is 14.9 Å². The molecular weight excluding hydrogens is 244 g/mol. The molecule has 0 bridgehead atoms. The Hall–Kier alpha value is -1.26. The molecule has 110 valence electrons. The molecule has 1 heterocycles. The van der Waals surface area contributed by atoms with Crippen LogP contribution in [0.5, 0.6) is 0 Å². The lowest BCUT2D eigenvalue weighted by Crippen LogP contribution is -2.50. The number of nitrogens with zero attached hydrogens (tertiary/aromatic N) is 2. The summed E-state index contributed by atoms with van der Waals surface area (Å²) in [6.45, 7) is 5.64. The van der Waals surface area contributed by atoms with Crippen molar-refractivity contribution in [2.75, 3.05) is 20.1 Å². The summed E-state index contributed by atoms with van der Waals surface area (Å²) in [5.41, 5.74) is 0. The number of carbonyl (C=O) groups is 2. The lowest BCUT2D eigenvalue weighted by molar-refractivity contribution is -0.138. The largest absolute Gasteiger partial charge is 0.481 e. The van der Waals surface area contributed by atoms with Crippen LogP contribution in [0.15, 0.2) is 0 Å². The molecule has 0 aliphatic carbocycles. The molecule has 0 aromatic carbocycles. The molecule has 2 atom stereocenters. The molecule has 1 N–H and O–H groups in total. The number of likely N-dealkylation sites (tertiary alicyclic amines) is 1. The molecule has 19 heavy (non-hydrogen) atoms. The van der Waals surface area contributed by atoms with Crippen LogP contribution in [0.1, 0.15) is 46.0 Å². The molecule has 5 heteroatoms. The zero-order chi connectivity index (χ0) is 14.4. The van der Waals surface area contributed by atoms with Gasteiger partial charge in [0.2, 0.25) is 0 Å². The van der Waals surface area contributed by atoms with Crippen LogP contribution in [0.25, 0.3) is 0 Å². The molecule has 0 saturated carbocycles. The van der Waals surface area contributed by atoms with Gasteiger partial charge >= 0.3 is 12.0 Å². The van der Waals surface area contributed by atoms with E-state index in [1.807, 2.05) is 0 Å². The molecule has 2 amide bonds. The number of piperidine rings is 1. The molecular formula is C14H26N2O3. The zero-order valence-corrected chi connectivity index (χ0v) is 12.3. The van der Waals surface area contributed by atoms with Crippen LogP contribution in [-0.2, 0) is 4.79 Å². The Morgan fingerprint density at radius 3 is 2.68 bits per heavy atom. The highest BCUT2D eigenvalue weighted by Crippen LogP contribution is 2.21. The van der Waals surface area contributed by atoms with Crippen LogP contribution in [-0.4, -0.2) is 53.1 Å². The second-order valence-electron chi connectivity index (χ2n) is 5.62. The van der Waals surface area contributed by atoms with E-state index in [1.54, 1.807) is 16.8 Å². The summed E-state index contributed by atoms with van der Waals surface area (Å²) < 4.78 is 0. The molecule has 0 aromatic rings. The van der Waals surface area contributed by atoms with Crippen molar-refractivity contribution in [1.82, 2.24) is 9.80 Å². The first-order chi connectivity index (χ1) is 8.95. The normalized spacial score (nSPS) is 21.0. The van der Waals surface area contributed by atoms with Crippen molar-refractivity contribution < 1.29 is 14.7 Å². The van der Waals surface area contributed by atoms with Gasteiger partial charge in [-0.2, -0.15) is 0 Å². The number of carboxylic acids is 1. The second kappa shape index (κ2) is 7.36. The van der Waals surface area contributed by atoms with Gasteiger partial charge in [0.05, 0.1) is 6.42 Å². The van der Waals surface area contributed by atoms with Crippen molar-refractivity contribution in [3.63, 3.8) is 0 Å². The minimum Gasteiger partial charge on any atom is -0.481 e. The number of hydrogen-bond acceptors (Lipinski definition) is 2. The highest BCUT2D eigenvalue weighted by Gasteiger charge is 2.30. The van der Waals surface area contributed by atoms with E-state index in [2.05, 4.69) is 13.8 Å². The molecule has 0 radical (unpaired) electrons. The van der Waals surface area contributed by atoms with E-state index in [0.717, 1.165) is 32.2 Å². The molecule has 0 aromatic heterocycles. The van der Waals surface area contributed by atoms with Gasteiger partial charge in [0, 0.05) is 26.2 Å². The van der Waals surface area contributed by atoms with Gasteiger partial charge in [-0.05, 0) is 25.2 Å². The second-order valence-corrected chi connectivity index (χ2v) is 5.62. The van der Waals surface area contributed by atoms with Crippen LogP contribution >= 0.6 is 0 Å². The Morgan fingerprint density at radius 1 is 1.42 bits per heavy atom. The lowest BCUT2D eigenvalue weighted by Gasteiger charge is -2.38. The van der Waals surface area contributed by atoms with Gasteiger partial charge in [-0.3, -0.25) is 4.79 Å². The van der Waals surface area contributed by atoms with E-state index in [4.69, 9.17) is 5.11 Å². The Kier molecular flexibility index (Phi) is 6.12. The number of urea groups is 1. The van der Waals surface area contributed by atoms with Crippen molar-refractivity contribution in [2.45, 2.75) is 52.0 Å². The van der Waals surface area contributed by atoms with E-state index < -0.39 is 5.97 Å². The first-order valence-corrected chi connectivity index (χ1v) is 7.19. The fraction of sp³-hybridized carbons (Fsp3) is 0.857. The van der Waals surface area contributed by atoms with Crippen LogP contribution < -0.4 is 0 Å². The van der Waals surface area contributed by atoms with Crippen molar-refractivity contribution in [3.05, 3.63) is 0 Å². The Morgan fingerprint density at radius 2 is 2.11 bits per heavy atom. The summed E-state index contributed by atoms with van der Waals surface area (Å²) in [6.07, 6.45) is 3.88. The third-order valence-corrected chi connectivity index (χ3v) is 3.89. The monoisotopic (exact) mass is 270 g/mol. The maximum Gasteiger partial charge on any atom is 0.320 e. The van der Waals surface area contributed by atoms with Crippen LogP contribution in [0.3, 0.4) is 0 Å². The summed E-state index contributed by atoms with van der Waals surface area (Å²) in [6, 6.07) is -0.163. The molecule has 1 saturated heterocycles. The lowest BCUT2D eigenvalue weighted by atomic mass is 9.99. The number of amides is 2. The standard InChI is InChI=1S/C14H26N2O3/c1-4-11(2)10-15(3)14(19)16-8-6-5-7-12(16)9-13(17)18/h11-12H,4-10H2,1-3H3,(H,17,18). The highest BCUT2D eigenvalue weighted by atomic mass is 16.4. The van der Waals surface area contributed by atoms with E-state index in [1.165, 1.54) is 0 Å². The van der Waals surface area contributed by atoms with E-state index in [9.17, 15) is 9.59 Å². The summed E-state index contributed by atoms with van der Waals surface area (Å²) >= 11 is 0. The fourth-order valence-corrected chi connectivity index (χ4v) is 2.56. The van der Waals surface area contributed by atoms with Gasteiger partial charge in [0.1, 0.15) is 0 Å². The predicted molar refractivity (Wildman–Crippen MR) is 74.1 cm³/mol. The van der Waals surface area contributed by atoms with Gasteiger partial charge in [-0.1, -0.05) is 20.3 Å². The van der Waals surface area contributed by atoms with Gasteiger partial charge in [-0.25, -0.2) is 4.79 Å². The molecule has 2 unspecified atom stereocenters. The van der Waals surface area contributed by atoms with Gasteiger partial charge in [-0.15, -0.1) is 0 Å². The smallest absolute Gasteiger partial charge is 0.320 e. The molecule has 5 nitrogen and oxygen atoms in total. The van der Waals surface area contributed by atoms with E-state index in [-0.39, 0.29) is 18.5 Å². The SMILES string of the molecule is CCC(C)CN(C)C(=O)N1CCCCC1CC(=O)O. The maximum atomic E-state index is 12.4. The van der Waals surface area contributed by atoms with Crippen molar-refractivity contribution in [1.29, 1.82) is 0 Å². The van der Waals surface area contributed by atoms with Gasteiger partial charge in [0.15, 0.2) is 0 Å². The molecule has 1 rings (SSSR count). The van der Waals surface area contributed by atoms with Crippen molar-refractivity contribution in [2.24, 2.45) is 5.92 Å². The Labute approximate surface area is 115 Å². The average Bonchev–Trinajstić information content (AvgIpc) is 2.37. The van der Waals surface area contributed by atoms with Crippen LogP contribution in [0.2, 0.25) is 0 Å². The minimum atomic E-state index is -0.825. The first kappa shape index (κ1) is 15.8. The molecule has 0 spiro atoms. The molecule has 1 aliphatic heterocycles. The number of aliphatic carboxylic acids is 1. The summed E-state index contributed by atoms with van der Waals surface area (Å²) in [4.78, 5) is 26.8. The summed E-state index contributed by atoms with van der Waals surface area (Å²) in [7, 11) is 1.81. The van der Waals surface area contributed by atoms with Crippen LogP contribution in [0, 0.1) is 5.92 Å². The maximum absolute atomic E-state index is 12.4. The van der Waals surface area contributed by atoms with Crippen LogP contribution in [0.4, 0.5) is 4.79 Å². The number of hydrogen-bond donors (Lipinski definition) is 1. The Bertz CT molecular complexity index is 320. The quantitative estimate of drug-likeness (QED) is 0.834. The zero-order valence-electron chi connectivity index (χ0n) is 12.3. The Balaban J connectivity index is 2.63. The highest BCUT2D eigenvalue weighted by molar-refractivity contribution is 5.76. The summed E-state index contributed by atoms with van der Waals surface area (Å²) in [5.74, 6) is -0.356. The van der Waals surface area contributed by atoms with E-state index >= 15 is 0 Å². The molecule has 1 fully saturated rings.